The van der Waals surface area contributed by atoms with E-state index in [1.165, 1.54) is 5.56 Å². The zero-order valence-electron chi connectivity index (χ0n) is 10.2. The van der Waals surface area contributed by atoms with Crippen molar-refractivity contribution < 1.29 is 9.53 Å². The molecule has 0 saturated carbocycles. The van der Waals surface area contributed by atoms with Crippen LogP contribution in [-0.4, -0.2) is 11.9 Å². The van der Waals surface area contributed by atoms with Gasteiger partial charge in [-0.15, -0.1) is 0 Å². The minimum atomic E-state index is -0.311. The Morgan fingerprint density at radius 1 is 1.06 bits per heavy atom. The summed E-state index contributed by atoms with van der Waals surface area (Å²) >= 11 is 0. The third kappa shape index (κ3) is 2.07. The maximum Gasteiger partial charge on any atom is 0.194 e. The van der Waals surface area contributed by atoms with E-state index in [1.807, 2.05) is 55.5 Å². The number of hydrogen-bond acceptors (Lipinski definition) is 2. The Morgan fingerprint density at radius 3 is 2.56 bits per heavy atom. The van der Waals surface area contributed by atoms with Gasteiger partial charge in [0.15, 0.2) is 11.9 Å². The first-order valence-corrected chi connectivity index (χ1v) is 6.07. The number of benzene rings is 2. The molecule has 2 nitrogen and oxygen atoms in total. The maximum absolute atomic E-state index is 12.2. The highest BCUT2D eigenvalue weighted by Gasteiger charge is 2.46. The monoisotopic (exact) mass is 238 g/mol. The van der Waals surface area contributed by atoms with Gasteiger partial charge in [-0.3, -0.25) is 4.79 Å². The highest BCUT2D eigenvalue weighted by molar-refractivity contribution is 6.01. The Kier molecular flexibility index (Phi) is 2.73. The number of ketones is 1. The van der Waals surface area contributed by atoms with Gasteiger partial charge in [-0.2, -0.15) is 0 Å². The molecule has 1 aliphatic heterocycles. The molecule has 0 spiro atoms. The van der Waals surface area contributed by atoms with Crippen LogP contribution in [0.4, 0.5) is 0 Å². The van der Waals surface area contributed by atoms with Gasteiger partial charge >= 0.3 is 0 Å². The van der Waals surface area contributed by atoms with E-state index in [1.54, 1.807) is 0 Å². The van der Waals surface area contributed by atoms with Crippen LogP contribution >= 0.6 is 0 Å². The van der Waals surface area contributed by atoms with Crippen molar-refractivity contribution in [3.8, 4) is 0 Å². The topological polar surface area (TPSA) is 29.6 Å². The van der Waals surface area contributed by atoms with Crippen LogP contribution in [0.5, 0.6) is 0 Å². The Bertz CT molecular complexity index is 575. The van der Waals surface area contributed by atoms with E-state index in [4.69, 9.17) is 4.74 Å². The first-order valence-electron chi connectivity index (χ1n) is 6.07. The van der Waals surface area contributed by atoms with Gasteiger partial charge in [-0.25, -0.2) is 0 Å². The minimum absolute atomic E-state index is 0.0714. The summed E-state index contributed by atoms with van der Waals surface area (Å²) < 4.78 is 5.52. The van der Waals surface area contributed by atoms with Crippen molar-refractivity contribution >= 4 is 5.78 Å². The fourth-order valence-corrected chi connectivity index (χ4v) is 2.18. The van der Waals surface area contributed by atoms with Gasteiger partial charge in [0, 0.05) is 5.56 Å². The molecule has 2 aromatic rings. The molecule has 90 valence electrons. The molecule has 1 saturated heterocycles. The smallest absolute Gasteiger partial charge is 0.194 e. The van der Waals surface area contributed by atoms with Crippen LogP contribution in [0.2, 0.25) is 0 Å². The molecule has 2 heteroatoms. The van der Waals surface area contributed by atoms with Crippen LogP contribution in [0.15, 0.2) is 54.6 Å². The standard InChI is InChI=1S/C16H14O2/c1-11-6-5-9-13(10-11)15-16(18-15)14(17)12-7-3-2-4-8-12/h2-10,15-16H,1H3. The molecule has 0 aliphatic carbocycles. The van der Waals surface area contributed by atoms with E-state index in [0.29, 0.717) is 0 Å². The molecule has 0 bridgehead atoms. The van der Waals surface area contributed by atoms with Gasteiger partial charge < -0.3 is 4.74 Å². The Balaban J connectivity index is 1.77. The van der Waals surface area contributed by atoms with Crippen LogP contribution in [-0.2, 0) is 4.74 Å². The summed E-state index contributed by atoms with van der Waals surface area (Å²) in [6, 6.07) is 17.4. The lowest BCUT2D eigenvalue weighted by molar-refractivity contribution is 0.0953. The van der Waals surface area contributed by atoms with E-state index in [2.05, 4.69) is 6.07 Å². The second kappa shape index (κ2) is 4.39. The third-order valence-corrected chi connectivity index (χ3v) is 3.18. The minimum Gasteiger partial charge on any atom is -0.356 e. The van der Waals surface area contributed by atoms with E-state index >= 15 is 0 Å². The molecule has 1 heterocycles. The van der Waals surface area contributed by atoms with E-state index in [9.17, 15) is 4.79 Å². The van der Waals surface area contributed by atoms with Gasteiger partial charge in [0.05, 0.1) is 0 Å². The van der Waals surface area contributed by atoms with Crippen molar-refractivity contribution in [1.29, 1.82) is 0 Å². The van der Waals surface area contributed by atoms with Crippen molar-refractivity contribution in [2.75, 3.05) is 0 Å². The Morgan fingerprint density at radius 2 is 1.83 bits per heavy atom. The van der Waals surface area contributed by atoms with Crippen molar-refractivity contribution in [2.45, 2.75) is 19.1 Å². The Hall–Kier alpha value is -1.93. The molecule has 1 aliphatic rings. The van der Waals surface area contributed by atoms with E-state index in [0.717, 1.165) is 11.1 Å². The molecule has 18 heavy (non-hydrogen) atoms. The highest BCUT2D eigenvalue weighted by Crippen LogP contribution is 2.40. The summed E-state index contributed by atoms with van der Waals surface area (Å²) in [7, 11) is 0. The summed E-state index contributed by atoms with van der Waals surface area (Å²) in [6.45, 7) is 2.04. The summed E-state index contributed by atoms with van der Waals surface area (Å²) in [5, 5.41) is 0. The number of aryl methyl sites for hydroxylation is 1. The van der Waals surface area contributed by atoms with Crippen LogP contribution in [0.1, 0.15) is 27.6 Å². The molecule has 1 fully saturated rings. The zero-order chi connectivity index (χ0) is 12.5. The molecule has 2 aromatic carbocycles. The summed E-state index contributed by atoms with van der Waals surface area (Å²) in [5.41, 5.74) is 3.00. The maximum atomic E-state index is 12.2. The number of ether oxygens (including phenoxy) is 1. The van der Waals surface area contributed by atoms with Gasteiger partial charge in [-0.1, -0.05) is 60.2 Å². The molecule has 0 aromatic heterocycles. The highest BCUT2D eigenvalue weighted by atomic mass is 16.6. The molecule has 2 atom stereocenters. The summed E-state index contributed by atoms with van der Waals surface area (Å²) in [6.07, 6.45) is -0.383. The van der Waals surface area contributed by atoms with Gasteiger partial charge in [0.2, 0.25) is 0 Å². The lowest BCUT2D eigenvalue weighted by Gasteiger charge is -1.98. The largest absolute Gasteiger partial charge is 0.356 e. The van der Waals surface area contributed by atoms with Crippen molar-refractivity contribution in [3.05, 3.63) is 71.3 Å². The van der Waals surface area contributed by atoms with Crippen molar-refractivity contribution in [3.63, 3.8) is 0 Å². The second-order valence-electron chi connectivity index (χ2n) is 4.62. The fraction of sp³-hybridized carbons (Fsp3) is 0.188. The normalized spacial score (nSPS) is 21.6. The van der Waals surface area contributed by atoms with E-state index in [-0.39, 0.29) is 18.0 Å². The van der Waals surface area contributed by atoms with Gasteiger partial charge in [0.1, 0.15) is 6.10 Å². The number of epoxide rings is 1. The summed E-state index contributed by atoms with van der Waals surface area (Å²) in [5.74, 6) is 0.0714. The van der Waals surface area contributed by atoms with Gasteiger partial charge in [0.25, 0.3) is 0 Å². The quantitative estimate of drug-likeness (QED) is 0.606. The number of carbonyl (C=O) groups is 1. The molecule has 0 N–H and O–H groups in total. The predicted octanol–water partition coefficient (Wildman–Crippen LogP) is 3.32. The van der Waals surface area contributed by atoms with E-state index < -0.39 is 0 Å². The van der Waals surface area contributed by atoms with Crippen LogP contribution in [0, 0.1) is 6.92 Å². The van der Waals surface area contributed by atoms with Crippen molar-refractivity contribution in [2.24, 2.45) is 0 Å². The van der Waals surface area contributed by atoms with Crippen molar-refractivity contribution in [1.82, 2.24) is 0 Å². The molecular weight excluding hydrogens is 224 g/mol. The molecule has 0 amide bonds. The average molecular weight is 238 g/mol. The molecule has 0 radical (unpaired) electrons. The third-order valence-electron chi connectivity index (χ3n) is 3.18. The Labute approximate surface area is 106 Å². The lowest BCUT2D eigenvalue weighted by Crippen LogP contribution is -2.07. The molecule has 3 rings (SSSR count). The molecule has 2 unspecified atom stereocenters. The SMILES string of the molecule is Cc1cccc(C2OC2C(=O)c2ccccc2)c1. The average Bonchev–Trinajstić information content (AvgIpc) is 3.19. The number of rotatable bonds is 3. The van der Waals surface area contributed by atoms with Crippen LogP contribution in [0.25, 0.3) is 0 Å². The fourth-order valence-electron chi connectivity index (χ4n) is 2.18. The predicted molar refractivity (Wildman–Crippen MR) is 69.6 cm³/mol. The first-order chi connectivity index (χ1) is 8.75. The first kappa shape index (κ1) is 11.2. The number of Topliss-reactive ketones (excluding diaryl/α,β-unsaturated/α-hetero) is 1. The lowest BCUT2D eigenvalue weighted by atomic mass is 10.0. The number of carbonyl (C=O) groups excluding carboxylic acids is 1. The zero-order valence-corrected chi connectivity index (χ0v) is 10.2. The van der Waals surface area contributed by atoms with Crippen LogP contribution in [0.3, 0.4) is 0 Å². The van der Waals surface area contributed by atoms with Gasteiger partial charge in [-0.05, 0) is 12.5 Å². The van der Waals surface area contributed by atoms with Crippen LogP contribution < -0.4 is 0 Å². The second-order valence-corrected chi connectivity index (χ2v) is 4.62. The summed E-state index contributed by atoms with van der Waals surface area (Å²) in [4.78, 5) is 12.2. The number of hydrogen-bond donors (Lipinski definition) is 0. The molecular formula is C16H14O2.